The van der Waals surface area contributed by atoms with Crippen molar-refractivity contribution in [1.29, 1.82) is 0 Å². The minimum atomic E-state index is -1.02. The molecule has 1 aromatic heterocycles. The van der Waals surface area contributed by atoms with E-state index in [-0.39, 0.29) is 31.8 Å². The van der Waals surface area contributed by atoms with Crippen LogP contribution < -0.4 is 9.47 Å². The van der Waals surface area contributed by atoms with Crippen LogP contribution in [0.1, 0.15) is 29.5 Å². The van der Waals surface area contributed by atoms with Crippen molar-refractivity contribution >= 4 is 35.0 Å². The van der Waals surface area contributed by atoms with Gasteiger partial charge in [0, 0.05) is 30.1 Å². The lowest BCUT2D eigenvalue weighted by atomic mass is 10.0. The van der Waals surface area contributed by atoms with Crippen LogP contribution in [-0.2, 0) is 22.6 Å². The van der Waals surface area contributed by atoms with Gasteiger partial charge in [-0.1, -0.05) is 42.5 Å². The first kappa shape index (κ1) is 29.1. The molecule has 0 aliphatic rings. The number of carboxylic acids is 2. The normalized spacial score (nSPS) is 11.5. The molecule has 41 heavy (non-hydrogen) atoms. The van der Waals surface area contributed by atoms with Crippen LogP contribution in [0.3, 0.4) is 0 Å². The monoisotopic (exact) mass is 561 g/mol. The molecule has 0 aliphatic heterocycles. The lowest BCUT2D eigenvalue weighted by Gasteiger charge is -2.06. The summed E-state index contributed by atoms with van der Waals surface area (Å²) in [5, 5.41) is 19.2. The maximum atomic E-state index is 13.6. The van der Waals surface area contributed by atoms with E-state index in [0.717, 1.165) is 28.1 Å². The van der Waals surface area contributed by atoms with Gasteiger partial charge in [0.25, 0.3) is 0 Å². The van der Waals surface area contributed by atoms with E-state index in [1.54, 1.807) is 18.3 Å². The van der Waals surface area contributed by atoms with Crippen LogP contribution in [0.2, 0.25) is 0 Å². The van der Waals surface area contributed by atoms with Gasteiger partial charge in [0.2, 0.25) is 5.82 Å². The van der Waals surface area contributed by atoms with Crippen LogP contribution in [0.25, 0.3) is 23.1 Å². The molecule has 2 N–H and O–H groups in total. The summed E-state index contributed by atoms with van der Waals surface area (Å²) in [5.41, 5.74) is 3.31. The van der Waals surface area contributed by atoms with E-state index in [0.29, 0.717) is 24.3 Å². The van der Waals surface area contributed by atoms with Gasteiger partial charge in [-0.15, -0.1) is 0 Å². The molecule has 0 atom stereocenters. The number of carbonyl (C=O) groups is 2. The van der Waals surface area contributed by atoms with E-state index in [2.05, 4.69) is 0 Å². The second-order valence-electron chi connectivity index (χ2n) is 9.20. The third kappa shape index (κ3) is 8.04. The minimum absolute atomic E-state index is 0.0374. The largest absolute Gasteiger partial charge is 0.490 e. The van der Waals surface area contributed by atoms with Crippen molar-refractivity contribution < 1.29 is 38.1 Å². The molecule has 0 unspecified atom stereocenters. The second-order valence-corrected chi connectivity index (χ2v) is 9.20. The smallest absolute Gasteiger partial charge is 0.307 e. The van der Waals surface area contributed by atoms with Crippen LogP contribution in [0.15, 0.2) is 79.0 Å². The van der Waals surface area contributed by atoms with Crippen molar-refractivity contribution in [3.05, 3.63) is 107 Å². The Kier molecular flexibility index (Phi) is 9.88. The number of ether oxygens (including phenoxy) is 2. The zero-order chi connectivity index (χ0) is 29.2. The Morgan fingerprint density at radius 3 is 2.32 bits per heavy atom. The quantitative estimate of drug-likeness (QED) is 0.133. The number of nitrogens with zero attached hydrogens (tertiary/aromatic N) is 1. The lowest BCUT2D eigenvalue weighted by molar-refractivity contribution is -0.137. The van der Waals surface area contributed by atoms with Crippen molar-refractivity contribution in [3.63, 3.8) is 0 Å². The molecule has 9 heteroatoms. The Morgan fingerprint density at radius 2 is 1.59 bits per heavy atom. The summed E-state index contributed by atoms with van der Waals surface area (Å²) in [7, 11) is 0. The molecular formula is C32H29F2NO6. The number of aliphatic carboxylic acids is 2. The van der Waals surface area contributed by atoms with Crippen LogP contribution in [0.4, 0.5) is 8.78 Å². The summed E-state index contributed by atoms with van der Waals surface area (Å²) in [6, 6.07) is 16.9. The fraction of sp³-hybridized carbons (Fsp3) is 0.188. The lowest BCUT2D eigenvalue weighted by Crippen LogP contribution is -2.01. The fourth-order valence-corrected chi connectivity index (χ4v) is 4.37. The standard InChI is InChI=1S/C32H29F2NO6/c33-26-7-4-9-28(32(26)34)41-19-2-1-18-40-25-15-12-22(13-16-25)11-14-23-6-3-8-27-31(23)24(20-30(38)39)21-35(27)17-5-10-29(36)37/h1-4,6-9,11-16,21H,5,10,17-20H2,(H,36,37)(H,38,39)/b2-1+,14-11?. The molecule has 212 valence electrons. The van der Waals surface area contributed by atoms with Gasteiger partial charge < -0.3 is 24.3 Å². The average molecular weight is 562 g/mol. The van der Waals surface area contributed by atoms with Gasteiger partial charge in [0.05, 0.1) is 6.42 Å². The van der Waals surface area contributed by atoms with Crippen molar-refractivity contribution in [3.8, 4) is 11.5 Å². The molecule has 0 saturated carbocycles. The number of aromatic nitrogens is 1. The Bertz CT molecular complexity index is 1570. The van der Waals surface area contributed by atoms with Crippen LogP contribution in [-0.4, -0.2) is 39.9 Å². The molecule has 0 fully saturated rings. The number of fused-ring (bicyclic) bond motifs is 1. The third-order valence-corrected chi connectivity index (χ3v) is 6.25. The van der Waals surface area contributed by atoms with E-state index < -0.39 is 23.6 Å². The van der Waals surface area contributed by atoms with E-state index >= 15 is 0 Å². The summed E-state index contributed by atoms with van der Waals surface area (Å²) >= 11 is 0. The molecule has 0 amide bonds. The van der Waals surface area contributed by atoms with Crippen molar-refractivity contribution in [2.45, 2.75) is 25.8 Å². The van der Waals surface area contributed by atoms with Crippen molar-refractivity contribution in [1.82, 2.24) is 4.57 Å². The molecule has 4 aromatic rings. The highest BCUT2D eigenvalue weighted by atomic mass is 19.2. The first-order valence-electron chi connectivity index (χ1n) is 13.0. The molecule has 0 saturated heterocycles. The van der Waals surface area contributed by atoms with Gasteiger partial charge in [-0.25, -0.2) is 4.39 Å². The number of hydrogen-bond donors (Lipinski definition) is 2. The van der Waals surface area contributed by atoms with E-state index in [1.807, 2.05) is 59.2 Å². The maximum absolute atomic E-state index is 13.6. The highest BCUT2D eigenvalue weighted by Crippen LogP contribution is 2.28. The zero-order valence-corrected chi connectivity index (χ0v) is 22.1. The van der Waals surface area contributed by atoms with Crippen molar-refractivity contribution in [2.24, 2.45) is 0 Å². The topological polar surface area (TPSA) is 98.0 Å². The highest BCUT2D eigenvalue weighted by Gasteiger charge is 2.14. The minimum Gasteiger partial charge on any atom is -0.490 e. The molecule has 0 spiro atoms. The van der Waals surface area contributed by atoms with Gasteiger partial charge in [0.15, 0.2) is 11.6 Å². The molecule has 0 radical (unpaired) electrons. The number of benzene rings is 3. The molecular weight excluding hydrogens is 532 g/mol. The predicted octanol–water partition coefficient (Wildman–Crippen LogP) is 6.60. The third-order valence-electron chi connectivity index (χ3n) is 6.25. The number of hydrogen-bond acceptors (Lipinski definition) is 4. The molecule has 1 heterocycles. The Labute approximate surface area is 235 Å². The Hall–Kier alpha value is -4.92. The molecule has 0 bridgehead atoms. The molecule has 4 rings (SSSR count). The van der Waals surface area contributed by atoms with Gasteiger partial charge in [-0.3, -0.25) is 9.59 Å². The summed E-state index contributed by atoms with van der Waals surface area (Å²) < 4.78 is 39.6. The van der Waals surface area contributed by atoms with Gasteiger partial charge >= 0.3 is 11.9 Å². The first-order valence-corrected chi connectivity index (χ1v) is 13.0. The van der Waals surface area contributed by atoms with E-state index in [4.69, 9.17) is 14.6 Å². The average Bonchev–Trinajstić information content (AvgIpc) is 3.29. The summed E-state index contributed by atoms with van der Waals surface area (Å²) in [4.78, 5) is 22.4. The summed E-state index contributed by atoms with van der Waals surface area (Å²) in [5.74, 6) is -3.29. The fourth-order valence-electron chi connectivity index (χ4n) is 4.37. The zero-order valence-electron chi connectivity index (χ0n) is 22.1. The second kappa shape index (κ2) is 13.9. The van der Waals surface area contributed by atoms with Crippen LogP contribution in [0, 0.1) is 11.6 Å². The maximum Gasteiger partial charge on any atom is 0.307 e. The van der Waals surface area contributed by atoms with Crippen LogP contribution in [0.5, 0.6) is 11.5 Å². The number of halogens is 2. The number of aryl methyl sites for hydroxylation is 1. The highest BCUT2D eigenvalue weighted by molar-refractivity contribution is 5.96. The first-order chi connectivity index (χ1) is 19.8. The van der Waals surface area contributed by atoms with E-state index in [9.17, 15) is 23.5 Å². The van der Waals surface area contributed by atoms with Crippen molar-refractivity contribution in [2.75, 3.05) is 13.2 Å². The number of rotatable bonds is 14. The predicted molar refractivity (Wildman–Crippen MR) is 152 cm³/mol. The van der Waals surface area contributed by atoms with Gasteiger partial charge in [-0.05, 0) is 65.6 Å². The summed E-state index contributed by atoms with van der Waals surface area (Å²) in [6.45, 7) is 0.812. The van der Waals surface area contributed by atoms with E-state index in [1.165, 1.54) is 12.1 Å². The van der Waals surface area contributed by atoms with Gasteiger partial charge in [-0.2, -0.15) is 4.39 Å². The van der Waals surface area contributed by atoms with Gasteiger partial charge in [0.1, 0.15) is 19.0 Å². The molecule has 3 aromatic carbocycles. The SMILES string of the molecule is O=C(O)CCCn1cc(CC(=O)O)c2c(C=Cc3ccc(OC/C=C/COc4cccc(F)c4F)cc3)cccc21. The summed E-state index contributed by atoms with van der Waals surface area (Å²) in [6.07, 6.45) is 9.36. The number of carboxylic acid groups (broad SMARTS) is 2. The molecule has 7 nitrogen and oxygen atoms in total. The Morgan fingerprint density at radius 1 is 0.854 bits per heavy atom. The van der Waals surface area contributed by atoms with Crippen LogP contribution >= 0.6 is 0 Å². The Balaban J connectivity index is 1.37. The molecule has 0 aliphatic carbocycles.